The van der Waals surface area contributed by atoms with Crippen LogP contribution in [0.3, 0.4) is 0 Å². The Labute approximate surface area is 118 Å². The average molecular weight is 260 g/mol. The van der Waals surface area contributed by atoms with Crippen molar-refractivity contribution < 1.29 is 0 Å². The van der Waals surface area contributed by atoms with Gasteiger partial charge in [0.2, 0.25) is 0 Å². The summed E-state index contributed by atoms with van der Waals surface area (Å²) in [5.74, 6) is 0. The van der Waals surface area contributed by atoms with Crippen LogP contribution in [0, 0.1) is 13.8 Å². The summed E-state index contributed by atoms with van der Waals surface area (Å²) in [4.78, 5) is 2.65. The van der Waals surface area contributed by atoms with Gasteiger partial charge in [-0.2, -0.15) is 0 Å². The lowest BCUT2D eigenvalue weighted by Crippen LogP contribution is -2.36. The van der Waals surface area contributed by atoms with E-state index in [-0.39, 0.29) is 0 Å². The van der Waals surface area contributed by atoms with Gasteiger partial charge in [-0.1, -0.05) is 31.5 Å². The van der Waals surface area contributed by atoms with Crippen LogP contribution in [0.25, 0.3) is 0 Å². The Morgan fingerprint density at radius 3 is 2.53 bits per heavy atom. The molecular formula is C17H28N2. The minimum absolute atomic E-state index is 0.401. The van der Waals surface area contributed by atoms with Crippen molar-refractivity contribution in [3.8, 4) is 0 Å². The third kappa shape index (κ3) is 3.58. The first-order valence-electron chi connectivity index (χ1n) is 7.70. The molecule has 106 valence electrons. The van der Waals surface area contributed by atoms with E-state index in [0.717, 1.165) is 12.6 Å². The van der Waals surface area contributed by atoms with Crippen molar-refractivity contribution in [1.82, 2.24) is 4.90 Å². The molecule has 0 heterocycles. The molecule has 1 fully saturated rings. The number of benzene rings is 1. The van der Waals surface area contributed by atoms with E-state index in [2.05, 4.69) is 43.9 Å². The van der Waals surface area contributed by atoms with E-state index >= 15 is 0 Å². The quantitative estimate of drug-likeness (QED) is 0.812. The summed E-state index contributed by atoms with van der Waals surface area (Å²) < 4.78 is 0. The van der Waals surface area contributed by atoms with Crippen molar-refractivity contribution in [2.45, 2.75) is 58.5 Å². The number of aryl methyl sites for hydroxylation is 2. The Hall–Kier alpha value is -0.860. The fourth-order valence-corrected chi connectivity index (χ4v) is 2.77. The monoisotopic (exact) mass is 260 g/mol. The van der Waals surface area contributed by atoms with Gasteiger partial charge in [-0.05, 0) is 56.3 Å². The molecule has 0 saturated heterocycles. The van der Waals surface area contributed by atoms with E-state index in [1.807, 2.05) is 0 Å². The van der Waals surface area contributed by atoms with Crippen LogP contribution in [0.5, 0.6) is 0 Å². The van der Waals surface area contributed by atoms with Crippen LogP contribution in [0.15, 0.2) is 18.2 Å². The average Bonchev–Trinajstić information content (AvgIpc) is 3.22. The second kappa shape index (κ2) is 6.53. The minimum Gasteiger partial charge on any atom is -0.329 e. The normalized spacial score (nSPS) is 16.9. The molecule has 1 aromatic carbocycles. The van der Waals surface area contributed by atoms with Crippen molar-refractivity contribution >= 4 is 0 Å². The van der Waals surface area contributed by atoms with E-state index in [1.165, 1.54) is 48.9 Å². The number of nitrogens with zero attached hydrogens (tertiary/aromatic N) is 1. The maximum atomic E-state index is 6.09. The standard InChI is InChI=1S/C17H28N2/c1-4-5-10-19(16-8-9-16)17(12-18)15-7-6-13(2)14(3)11-15/h6-7,11,16-17H,4-5,8-10,12,18H2,1-3H3. The molecule has 0 radical (unpaired) electrons. The summed E-state index contributed by atoms with van der Waals surface area (Å²) in [5.41, 5.74) is 10.2. The molecule has 1 atom stereocenters. The topological polar surface area (TPSA) is 29.3 Å². The van der Waals surface area contributed by atoms with Crippen molar-refractivity contribution in [1.29, 1.82) is 0 Å². The molecule has 0 aromatic heterocycles. The van der Waals surface area contributed by atoms with Gasteiger partial charge < -0.3 is 5.73 Å². The second-order valence-corrected chi connectivity index (χ2v) is 5.92. The summed E-state index contributed by atoms with van der Waals surface area (Å²) in [6.45, 7) is 8.55. The minimum atomic E-state index is 0.401. The molecule has 2 nitrogen and oxygen atoms in total. The first kappa shape index (κ1) is 14.5. The lowest BCUT2D eigenvalue weighted by molar-refractivity contribution is 0.188. The van der Waals surface area contributed by atoms with Crippen LogP contribution in [0.2, 0.25) is 0 Å². The predicted molar refractivity (Wildman–Crippen MR) is 82.3 cm³/mol. The van der Waals surface area contributed by atoms with Gasteiger partial charge in [0.05, 0.1) is 0 Å². The molecule has 0 spiro atoms. The Kier molecular flexibility index (Phi) is 5.00. The fraction of sp³-hybridized carbons (Fsp3) is 0.647. The number of hydrogen-bond acceptors (Lipinski definition) is 2. The van der Waals surface area contributed by atoms with Gasteiger partial charge in [-0.15, -0.1) is 0 Å². The summed E-state index contributed by atoms with van der Waals surface area (Å²) in [6.07, 6.45) is 5.24. The third-order valence-corrected chi connectivity index (χ3v) is 4.33. The first-order valence-corrected chi connectivity index (χ1v) is 7.70. The molecule has 0 amide bonds. The molecule has 0 bridgehead atoms. The van der Waals surface area contributed by atoms with Crippen LogP contribution in [0.1, 0.15) is 55.3 Å². The Morgan fingerprint density at radius 1 is 1.26 bits per heavy atom. The van der Waals surface area contributed by atoms with E-state index in [0.29, 0.717) is 6.04 Å². The second-order valence-electron chi connectivity index (χ2n) is 5.92. The van der Waals surface area contributed by atoms with Gasteiger partial charge in [-0.25, -0.2) is 0 Å². The zero-order valence-corrected chi connectivity index (χ0v) is 12.7. The molecule has 1 aliphatic rings. The Bertz CT molecular complexity index is 410. The highest BCUT2D eigenvalue weighted by Gasteiger charge is 2.33. The molecule has 2 N–H and O–H groups in total. The lowest BCUT2D eigenvalue weighted by atomic mass is 9.99. The van der Waals surface area contributed by atoms with Gasteiger partial charge in [0.15, 0.2) is 0 Å². The maximum Gasteiger partial charge on any atom is 0.0473 e. The number of rotatable bonds is 7. The van der Waals surface area contributed by atoms with E-state index in [4.69, 9.17) is 5.73 Å². The van der Waals surface area contributed by atoms with Crippen molar-refractivity contribution in [3.05, 3.63) is 34.9 Å². The van der Waals surface area contributed by atoms with Gasteiger partial charge in [-0.3, -0.25) is 4.90 Å². The predicted octanol–water partition coefficient (Wildman–Crippen LogP) is 3.57. The van der Waals surface area contributed by atoms with E-state index in [9.17, 15) is 0 Å². The Balaban J connectivity index is 2.17. The lowest BCUT2D eigenvalue weighted by Gasteiger charge is -2.31. The highest BCUT2D eigenvalue weighted by atomic mass is 15.2. The van der Waals surface area contributed by atoms with Gasteiger partial charge in [0, 0.05) is 18.6 Å². The van der Waals surface area contributed by atoms with Crippen LogP contribution in [0.4, 0.5) is 0 Å². The van der Waals surface area contributed by atoms with E-state index in [1.54, 1.807) is 0 Å². The van der Waals surface area contributed by atoms with Crippen molar-refractivity contribution in [3.63, 3.8) is 0 Å². The molecule has 1 saturated carbocycles. The van der Waals surface area contributed by atoms with Crippen LogP contribution >= 0.6 is 0 Å². The zero-order chi connectivity index (χ0) is 13.8. The summed E-state index contributed by atoms with van der Waals surface area (Å²) >= 11 is 0. The molecule has 1 unspecified atom stereocenters. The largest absolute Gasteiger partial charge is 0.329 e. The molecule has 1 aromatic rings. The maximum absolute atomic E-state index is 6.09. The third-order valence-electron chi connectivity index (χ3n) is 4.33. The van der Waals surface area contributed by atoms with Crippen LogP contribution in [-0.4, -0.2) is 24.0 Å². The summed E-state index contributed by atoms with van der Waals surface area (Å²) in [6, 6.07) is 8.01. The van der Waals surface area contributed by atoms with Crippen LogP contribution in [-0.2, 0) is 0 Å². The number of unbranched alkanes of at least 4 members (excludes halogenated alkanes) is 1. The molecular weight excluding hydrogens is 232 g/mol. The van der Waals surface area contributed by atoms with Gasteiger partial charge in [0.25, 0.3) is 0 Å². The molecule has 1 aliphatic carbocycles. The summed E-state index contributed by atoms with van der Waals surface area (Å²) in [5, 5.41) is 0. The molecule has 0 aliphatic heterocycles. The molecule has 19 heavy (non-hydrogen) atoms. The molecule has 2 heteroatoms. The van der Waals surface area contributed by atoms with Gasteiger partial charge >= 0.3 is 0 Å². The van der Waals surface area contributed by atoms with Gasteiger partial charge in [0.1, 0.15) is 0 Å². The molecule has 2 rings (SSSR count). The first-order chi connectivity index (χ1) is 9.17. The highest BCUT2D eigenvalue weighted by molar-refractivity contribution is 5.32. The SMILES string of the molecule is CCCCN(C1CC1)C(CN)c1ccc(C)c(C)c1. The summed E-state index contributed by atoms with van der Waals surface area (Å²) in [7, 11) is 0. The number of hydrogen-bond donors (Lipinski definition) is 1. The Morgan fingerprint density at radius 2 is 2.00 bits per heavy atom. The fourth-order valence-electron chi connectivity index (χ4n) is 2.77. The number of nitrogens with two attached hydrogens (primary N) is 1. The smallest absolute Gasteiger partial charge is 0.0473 e. The van der Waals surface area contributed by atoms with Crippen LogP contribution < -0.4 is 5.73 Å². The zero-order valence-electron chi connectivity index (χ0n) is 12.7. The van der Waals surface area contributed by atoms with E-state index < -0.39 is 0 Å². The van der Waals surface area contributed by atoms with Crippen molar-refractivity contribution in [2.24, 2.45) is 5.73 Å². The van der Waals surface area contributed by atoms with Crippen molar-refractivity contribution in [2.75, 3.05) is 13.1 Å². The highest BCUT2D eigenvalue weighted by Crippen LogP contribution is 2.34.